The molecule has 1 spiro atoms. The molecule has 0 unspecified atom stereocenters. The van der Waals surface area contributed by atoms with Crippen molar-refractivity contribution in [3.8, 4) is 0 Å². The first-order chi connectivity index (χ1) is 19.1. The van der Waals surface area contributed by atoms with Crippen LogP contribution in [-0.4, -0.2) is 40.9 Å². The van der Waals surface area contributed by atoms with Gasteiger partial charge in [-0.15, -0.1) is 0 Å². The van der Waals surface area contributed by atoms with Crippen LogP contribution in [0.3, 0.4) is 0 Å². The molecule has 0 saturated heterocycles. The van der Waals surface area contributed by atoms with Crippen LogP contribution in [0.15, 0.2) is 36.4 Å². The Morgan fingerprint density at radius 2 is 1.65 bits per heavy atom. The number of fused-ring (bicyclic) bond motifs is 4. The summed E-state index contributed by atoms with van der Waals surface area (Å²) in [7, 11) is 1.88. The second kappa shape index (κ2) is 10.3. The van der Waals surface area contributed by atoms with Crippen LogP contribution < -0.4 is 10.6 Å². The third-order valence-electron chi connectivity index (χ3n) is 10.7. The number of benzene rings is 2. The van der Waals surface area contributed by atoms with Crippen molar-refractivity contribution in [2.75, 3.05) is 12.4 Å². The zero-order valence-corrected chi connectivity index (χ0v) is 24.8. The summed E-state index contributed by atoms with van der Waals surface area (Å²) in [5, 5.41) is 7.12. The third-order valence-corrected chi connectivity index (χ3v) is 11.2. The molecule has 7 rings (SSSR count). The van der Waals surface area contributed by atoms with Crippen LogP contribution in [0, 0.1) is 11.2 Å². The highest BCUT2D eigenvalue weighted by Crippen LogP contribution is 2.52. The van der Waals surface area contributed by atoms with Gasteiger partial charge in [-0.2, -0.15) is 0 Å². The molecular weight excluding hydrogens is 548 g/mol. The van der Waals surface area contributed by atoms with Crippen molar-refractivity contribution in [2.24, 2.45) is 5.41 Å². The lowest BCUT2D eigenvalue weighted by atomic mass is 9.58. The first-order valence-corrected chi connectivity index (χ1v) is 15.4. The molecule has 4 fully saturated rings. The highest BCUT2D eigenvalue weighted by Gasteiger charge is 2.54. The molecular formula is C32H38Cl2FN3O2. The quantitative estimate of drug-likeness (QED) is 0.393. The molecule has 8 heteroatoms. The summed E-state index contributed by atoms with van der Waals surface area (Å²) >= 11 is 12.7. The maximum atomic E-state index is 15.9. The van der Waals surface area contributed by atoms with Gasteiger partial charge >= 0.3 is 0 Å². The van der Waals surface area contributed by atoms with E-state index in [1.54, 1.807) is 30.3 Å². The van der Waals surface area contributed by atoms with E-state index in [1.165, 1.54) is 6.07 Å². The second-order valence-electron chi connectivity index (χ2n) is 13.0. The first kappa shape index (κ1) is 28.0. The molecule has 4 saturated carbocycles. The molecule has 5 aliphatic rings. The van der Waals surface area contributed by atoms with E-state index in [0.717, 1.165) is 57.8 Å². The zero-order chi connectivity index (χ0) is 28.3. The van der Waals surface area contributed by atoms with Gasteiger partial charge in [-0.3, -0.25) is 14.5 Å². The van der Waals surface area contributed by atoms with E-state index >= 15 is 4.39 Å². The van der Waals surface area contributed by atoms with Gasteiger partial charge in [0.2, 0.25) is 11.8 Å². The van der Waals surface area contributed by atoms with Crippen molar-refractivity contribution >= 4 is 40.7 Å². The van der Waals surface area contributed by atoms with Crippen LogP contribution in [0.1, 0.15) is 94.6 Å². The molecule has 2 atom stereocenters. The first-order valence-electron chi connectivity index (χ1n) is 14.7. The molecule has 5 nitrogen and oxygen atoms in total. The number of hydrogen-bond acceptors (Lipinski definition) is 3. The molecule has 2 aromatic rings. The summed E-state index contributed by atoms with van der Waals surface area (Å²) in [6.07, 6.45) is 10.2. The van der Waals surface area contributed by atoms with E-state index in [-0.39, 0.29) is 22.4 Å². The zero-order valence-electron chi connectivity index (χ0n) is 23.3. The Morgan fingerprint density at radius 1 is 0.975 bits per heavy atom. The minimum absolute atomic E-state index is 0.00531. The lowest BCUT2D eigenvalue weighted by molar-refractivity contribution is -0.140. The van der Waals surface area contributed by atoms with E-state index in [9.17, 15) is 9.59 Å². The van der Waals surface area contributed by atoms with E-state index in [1.807, 2.05) is 11.9 Å². The fourth-order valence-corrected chi connectivity index (χ4v) is 8.36. The minimum atomic E-state index is -0.900. The lowest BCUT2D eigenvalue weighted by Crippen LogP contribution is -2.67. The number of nitrogens with one attached hydrogen (secondary N) is 2. The van der Waals surface area contributed by atoms with Crippen molar-refractivity contribution in [1.29, 1.82) is 0 Å². The maximum absolute atomic E-state index is 15.9. The van der Waals surface area contributed by atoms with Crippen molar-refractivity contribution < 1.29 is 14.0 Å². The number of carbonyl (C=O) groups is 2. The Kier molecular flexibility index (Phi) is 7.20. The van der Waals surface area contributed by atoms with Gasteiger partial charge in [0.15, 0.2) is 0 Å². The molecule has 40 heavy (non-hydrogen) atoms. The second-order valence-corrected chi connectivity index (χ2v) is 13.9. The highest BCUT2D eigenvalue weighted by molar-refractivity contribution is 6.31. The molecule has 0 aromatic heterocycles. The monoisotopic (exact) mass is 585 g/mol. The smallest absolute Gasteiger partial charge is 0.244 e. The van der Waals surface area contributed by atoms with Gasteiger partial charge in [0.1, 0.15) is 17.4 Å². The number of amides is 2. The summed E-state index contributed by atoms with van der Waals surface area (Å²) in [5.41, 5.74) is 0.695. The van der Waals surface area contributed by atoms with E-state index in [4.69, 9.17) is 23.2 Å². The molecule has 2 amide bonds. The maximum Gasteiger partial charge on any atom is 0.244 e. The highest BCUT2D eigenvalue weighted by atomic mass is 35.5. The fraction of sp³-hybridized carbons (Fsp3) is 0.562. The Balaban J connectivity index is 1.53. The van der Waals surface area contributed by atoms with Crippen molar-refractivity contribution in [3.05, 3.63) is 63.4 Å². The summed E-state index contributed by atoms with van der Waals surface area (Å²) < 4.78 is 15.9. The van der Waals surface area contributed by atoms with Crippen LogP contribution in [0.5, 0.6) is 0 Å². The predicted octanol–water partition coefficient (Wildman–Crippen LogP) is 7.45. The lowest BCUT2D eigenvalue weighted by Gasteiger charge is -2.54. The molecule has 2 N–H and O–H groups in total. The third kappa shape index (κ3) is 4.64. The Hall–Kier alpha value is -2.15. The van der Waals surface area contributed by atoms with E-state index in [2.05, 4.69) is 17.6 Å². The summed E-state index contributed by atoms with van der Waals surface area (Å²) in [6, 6.07) is 9.37. The minimum Gasteiger partial charge on any atom is -0.349 e. The predicted molar refractivity (Wildman–Crippen MR) is 157 cm³/mol. The average Bonchev–Trinajstić information content (AvgIpc) is 2.94. The number of anilines is 1. The topological polar surface area (TPSA) is 61.4 Å². The van der Waals surface area contributed by atoms with E-state index in [0.29, 0.717) is 40.1 Å². The van der Waals surface area contributed by atoms with Gasteiger partial charge in [0.05, 0.1) is 5.02 Å². The average molecular weight is 587 g/mol. The van der Waals surface area contributed by atoms with Crippen molar-refractivity contribution in [3.63, 3.8) is 0 Å². The fourth-order valence-electron chi connectivity index (χ4n) is 8.00. The Bertz CT molecular complexity index is 1320. The van der Waals surface area contributed by atoms with Gasteiger partial charge in [-0.05, 0) is 93.2 Å². The number of hydrogen-bond donors (Lipinski definition) is 2. The largest absolute Gasteiger partial charge is 0.349 e. The molecule has 4 aliphatic carbocycles. The molecule has 2 bridgehead atoms. The summed E-state index contributed by atoms with van der Waals surface area (Å²) in [4.78, 5) is 30.8. The number of nitrogens with zero attached hydrogens (tertiary/aromatic N) is 1. The molecule has 214 valence electrons. The SMILES string of the molecule is CN1[C@@H](C(=O)NC23CCC(C)(CC2)CC3)[C@H](c2cccc(Cl)c2F)c2ccc(Cl)cc2NC(=O)C12CCCCC2. The van der Waals surface area contributed by atoms with Crippen LogP contribution in [-0.2, 0) is 9.59 Å². The molecule has 2 aromatic carbocycles. The number of halogens is 3. The van der Waals surface area contributed by atoms with Crippen molar-refractivity contribution in [1.82, 2.24) is 10.2 Å². The Labute approximate surface area is 246 Å². The van der Waals surface area contributed by atoms with Crippen LogP contribution in [0.25, 0.3) is 0 Å². The van der Waals surface area contributed by atoms with Gasteiger partial charge in [0.25, 0.3) is 0 Å². The van der Waals surface area contributed by atoms with Gasteiger partial charge in [0, 0.05) is 22.2 Å². The van der Waals surface area contributed by atoms with Crippen molar-refractivity contribution in [2.45, 2.75) is 101 Å². The molecule has 1 heterocycles. The molecule has 0 radical (unpaired) electrons. The normalized spacial score (nSPS) is 31.7. The van der Waals surface area contributed by atoms with Crippen LogP contribution in [0.4, 0.5) is 10.1 Å². The standard InChI is InChI=1S/C32H38Cl2FN3O2/c1-30-13-16-31(17-14-30,18-15-30)37-28(39)27-25(22-7-6-8-23(34)26(22)35)21-10-9-20(33)19-24(21)36-29(40)32(38(27)2)11-4-3-5-12-32/h6-10,19,25,27H,3-5,11-18H2,1-2H3,(H,36,40)(H,37,39)/t25-,27+,30?,31?/m0/s1. The number of rotatable bonds is 3. The van der Waals surface area contributed by atoms with Gasteiger partial charge in [-0.25, -0.2) is 4.39 Å². The summed E-state index contributed by atoms with van der Waals surface area (Å²) in [6.45, 7) is 2.35. The number of carbonyl (C=O) groups excluding carboxylic acids is 2. The number of likely N-dealkylation sites (N-methyl/N-ethyl adjacent to an activating group) is 1. The van der Waals surface area contributed by atoms with Gasteiger partial charge in [-0.1, -0.05) is 67.6 Å². The summed E-state index contributed by atoms with van der Waals surface area (Å²) in [5.74, 6) is -1.55. The van der Waals surface area contributed by atoms with E-state index < -0.39 is 23.3 Å². The van der Waals surface area contributed by atoms with Gasteiger partial charge < -0.3 is 10.6 Å². The van der Waals surface area contributed by atoms with Crippen LogP contribution in [0.2, 0.25) is 10.0 Å². The Morgan fingerprint density at radius 3 is 2.33 bits per heavy atom. The van der Waals surface area contributed by atoms with Crippen LogP contribution >= 0.6 is 23.2 Å². The molecule has 1 aliphatic heterocycles.